The Bertz CT molecular complexity index is 874. The van der Waals surface area contributed by atoms with Crippen LogP contribution < -0.4 is 27.0 Å². The van der Waals surface area contributed by atoms with Gasteiger partial charge in [-0.25, -0.2) is 0 Å². The number of nitrogens with two attached hydrogens (primary N) is 1. The normalized spacial score (nSPS) is 14.2. The Morgan fingerprint density at radius 3 is 1.97 bits per heavy atom. The molecule has 1 aromatic rings. The first kappa shape index (κ1) is 29.6. The molecule has 5 amide bonds. The standard InChI is InChI=1S/C25H39N5O5/c1-6-16(4)22(28-17(5)31)25(35)30-21(15(2)3)24(34)29-19(14-18-10-8-7-9-11-18)23(33)27-13-12-20(26)32/h7-11,15-16,19,21-22H,6,12-14H2,1-5H3,(H2,26,32)(H,27,33)(H,28,31)(H,29,34)(H,30,35)/t16-,19?,21?,22?/m0/s1. The molecule has 0 saturated carbocycles. The summed E-state index contributed by atoms with van der Waals surface area (Å²) in [5.41, 5.74) is 5.97. The van der Waals surface area contributed by atoms with Gasteiger partial charge in [-0.15, -0.1) is 0 Å². The maximum absolute atomic E-state index is 13.2. The predicted molar refractivity (Wildman–Crippen MR) is 133 cm³/mol. The highest BCUT2D eigenvalue weighted by molar-refractivity contribution is 5.94. The lowest BCUT2D eigenvalue weighted by Crippen LogP contribution is -2.59. The van der Waals surface area contributed by atoms with Crippen LogP contribution in [0, 0.1) is 11.8 Å². The molecule has 0 aliphatic heterocycles. The largest absolute Gasteiger partial charge is 0.370 e. The van der Waals surface area contributed by atoms with Crippen molar-refractivity contribution in [3.63, 3.8) is 0 Å². The summed E-state index contributed by atoms with van der Waals surface area (Å²) in [6, 6.07) is 6.52. The third-order valence-corrected chi connectivity index (χ3v) is 5.69. The zero-order valence-corrected chi connectivity index (χ0v) is 21.2. The Balaban J connectivity index is 3.04. The number of hydrogen-bond donors (Lipinski definition) is 5. The molecule has 0 radical (unpaired) electrons. The molecule has 1 rings (SSSR count). The van der Waals surface area contributed by atoms with Gasteiger partial charge in [-0.05, 0) is 17.4 Å². The van der Waals surface area contributed by atoms with Crippen LogP contribution in [-0.4, -0.2) is 54.2 Å². The highest BCUT2D eigenvalue weighted by atomic mass is 16.2. The van der Waals surface area contributed by atoms with Gasteiger partial charge in [0.15, 0.2) is 0 Å². The smallest absolute Gasteiger partial charge is 0.243 e. The van der Waals surface area contributed by atoms with Gasteiger partial charge in [0, 0.05) is 26.3 Å². The number of nitrogens with one attached hydrogen (secondary N) is 4. The zero-order valence-electron chi connectivity index (χ0n) is 21.2. The van der Waals surface area contributed by atoms with Crippen molar-refractivity contribution < 1.29 is 24.0 Å². The molecular formula is C25H39N5O5. The summed E-state index contributed by atoms with van der Waals surface area (Å²) in [6.07, 6.45) is 0.846. The number of hydrogen-bond acceptors (Lipinski definition) is 5. The minimum absolute atomic E-state index is 0.0252. The molecule has 0 saturated heterocycles. The van der Waals surface area contributed by atoms with Crippen molar-refractivity contribution in [3.8, 4) is 0 Å². The summed E-state index contributed by atoms with van der Waals surface area (Å²) >= 11 is 0. The van der Waals surface area contributed by atoms with Gasteiger partial charge in [0.05, 0.1) is 0 Å². The van der Waals surface area contributed by atoms with Crippen LogP contribution in [0.4, 0.5) is 0 Å². The molecule has 10 heteroatoms. The Kier molecular flexibility index (Phi) is 12.5. The molecule has 35 heavy (non-hydrogen) atoms. The fraction of sp³-hybridized carbons (Fsp3) is 0.560. The van der Waals surface area contributed by atoms with E-state index in [-0.39, 0.29) is 37.1 Å². The lowest BCUT2D eigenvalue weighted by atomic mass is 9.96. The highest BCUT2D eigenvalue weighted by Crippen LogP contribution is 2.11. The lowest BCUT2D eigenvalue weighted by molar-refractivity contribution is -0.135. The van der Waals surface area contributed by atoms with Crippen molar-refractivity contribution in [2.24, 2.45) is 17.6 Å². The van der Waals surface area contributed by atoms with E-state index in [1.165, 1.54) is 6.92 Å². The lowest BCUT2D eigenvalue weighted by Gasteiger charge is -2.29. The molecule has 0 spiro atoms. The number of benzene rings is 1. The van der Waals surface area contributed by atoms with Crippen LogP contribution in [0.2, 0.25) is 0 Å². The molecule has 4 atom stereocenters. The van der Waals surface area contributed by atoms with Gasteiger partial charge in [-0.2, -0.15) is 0 Å². The van der Waals surface area contributed by atoms with Crippen molar-refractivity contribution >= 4 is 29.5 Å². The second-order valence-corrected chi connectivity index (χ2v) is 9.05. The number of carbonyl (C=O) groups excluding carboxylic acids is 5. The summed E-state index contributed by atoms with van der Waals surface area (Å²) < 4.78 is 0. The summed E-state index contributed by atoms with van der Waals surface area (Å²) in [6.45, 7) is 8.69. The molecular weight excluding hydrogens is 450 g/mol. The molecule has 10 nitrogen and oxygen atoms in total. The molecule has 1 aromatic carbocycles. The second-order valence-electron chi connectivity index (χ2n) is 9.05. The van der Waals surface area contributed by atoms with E-state index >= 15 is 0 Å². The van der Waals surface area contributed by atoms with E-state index in [1.54, 1.807) is 13.8 Å². The van der Waals surface area contributed by atoms with E-state index in [1.807, 2.05) is 44.2 Å². The minimum Gasteiger partial charge on any atom is -0.370 e. The van der Waals surface area contributed by atoms with Crippen LogP contribution in [0.1, 0.15) is 53.0 Å². The highest BCUT2D eigenvalue weighted by Gasteiger charge is 2.32. The number of rotatable bonds is 14. The fourth-order valence-electron chi connectivity index (χ4n) is 3.45. The number of primary amides is 1. The van der Waals surface area contributed by atoms with Crippen molar-refractivity contribution in [1.82, 2.24) is 21.3 Å². The van der Waals surface area contributed by atoms with Crippen molar-refractivity contribution in [2.75, 3.05) is 6.54 Å². The van der Waals surface area contributed by atoms with E-state index in [9.17, 15) is 24.0 Å². The van der Waals surface area contributed by atoms with Gasteiger partial charge < -0.3 is 27.0 Å². The van der Waals surface area contributed by atoms with Gasteiger partial charge in [0.1, 0.15) is 18.1 Å². The summed E-state index contributed by atoms with van der Waals surface area (Å²) in [4.78, 5) is 61.7. The minimum atomic E-state index is -0.934. The van der Waals surface area contributed by atoms with Crippen molar-refractivity contribution in [2.45, 2.75) is 72.0 Å². The molecule has 0 bridgehead atoms. The van der Waals surface area contributed by atoms with Crippen molar-refractivity contribution in [3.05, 3.63) is 35.9 Å². The van der Waals surface area contributed by atoms with E-state index < -0.39 is 41.8 Å². The third-order valence-electron chi connectivity index (χ3n) is 5.69. The quantitative estimate of drug-likeness (QED) is 0.255. The van der Waals surface area contributed by atoms with Crippen LogP contribution in [0.15, 0.2) is 30.3 Å². The van der Waals surface area contributed by atoms with Gasteiger partial charge >= 0.3 is 0 Å². The maximum Gasteiger partial charge on any atom is 0.243 e. The Labute approximate surface area is 207 Å². The van der Waals surface area contributed by atoms with E-state index in [0.29, 0.717) is 6.42 Å². The Hall–Kier alpha value is -3.43. The first-order chi connectivity index (χ1) is 16.5. The van der Waals surface area contributed by atoms with Crippen LogP contribution in [0.25, 0.3) is 0 Å². The van der Waals surface area contributed by atoms with E-state index in [0.717, 1.165) is 5.56 Å². The molecule has 0 aliphatic rings. The maximum atomic E-state index is 13.2. The SMILES string of the molecule is CC[C@H](C)C(NC(C)=O)C(=O)NC(C(=O)NC(Cc1ccccc1)C(=O)NCCC(N)=O)C(C)C. The summed E-state index contributed by atoms with van der Waals surface area (Å²) in [5.74, 6) is -2.77. The number of amides is 5. The van der Waals surface area contributed by atoms with E-state index in [4.69, 9.17) is 5.73 Å². The molecule has 3 unspecified atom stereocenters. The zero-order chi connectivity index (χ0) is 26.5. The van der Waals surface area contributed by atoms with Gasteiger partial charge in [0.25, 0.3) is 0 Å². The average Bonchev–Trinajstić information content (AvgIpc) is 2.79. The Morgan fingerprint density at radius 2 is 1.46 bits per heavy atom. The fourth-order valence-corrected chi connectivity index (χ4v) is 3.45. The van der Waals surface area contributed by atoms with Gasteiger partial charge in [-0.3, -0.25) is 24.0 Å². The van der Waals surface area contributed by atoms with Gasteiger partial charge in [0.2, 0.25) is 29.5 Å². The average molecular weight is 490 g/mol. The van der Waals surface area contributed by atoms with Crippen LogP contribution in [-0.2, 0) is 30.4 Å². The topological polar surface area (TPSA) is 159 Å². The predicted octanol–water partition coefficient (Wildman–Crippen LogP) is 0.397. The third kappa shape index (κ3) is 10.6. The molecule has 0 heterocycles. The summed E-state index contributed by atoms with van der Waals surface area (Å²) in [5, 5.41) is 10.8. The molecule has 0 aliphatic carbocycles. The molecule has 6 N–H and O–H groups in total. The monoisotopic (exact) mass is 489 g/mol. The van der Waals surface area contributed by atoms with Crippen molar-refractivity contribution in [1.29, 1.82) is 0 Å². The van der Waals surface area contributed by atoms with Crippen LogP contribution >= 0.6 is 0 Å². The van der Waals surface area contributed by atoms with Crippen LogP contribution in [0.5, 0.6) is 0 Å². The number of carbonyl (C=O) groups is 5. The molecule has 0 aromatic heterocycles. The first-order valence-electron chi connectivity index (χ1n) is 11.9. The Morgan fingerprint density at radius 1 is 0.857 bits per heavy atom. The van der Waals surface area contributed by atoms with Crippen LogP contribution in [0.3, 0.4) is 0 Å². The molecule has 194 valence electrons. The van der Waals surface area contributed by atoms with Gasteiger partial charge in [-0.1, -0.05) is 64.4 Å². The first-order valence-corrected chi connectivity index (χ1v) is 11.9. The molecule has 0 fully saturated rings. The summed E-state index contributed by atoms with van der Waals surface area (Å²) in [7, 11) is 0. The van der Waals surface area contributed by atoms with E-state index in [2.05, 4.69) is 21.3 Å². The second kappa shape index (κ2) is 14.7.